The van der Waals surface area contributed by atoms with Gasteiger partial charge < -0.3 is 11.1 Å². The maximum absolute atomic E-state index is 14.0. The van der Waals surface area contributed by atoms with E-state index < -0.39 is 0 Å². The number of halogens is 1. The van der Waals surface area contributed by atoms with Crippen molar-refractivity contribution in [2.75, 3.05) is 5.75 Å². The predicted octanol–water partition coefficient (Wildman–Crippen LogP) is 3.63. The maximum atomic E-state index is 14.0. The normalized spacial score (nSPS) is 35.2. The van der Waals surface area contributed by atoms with E-state index in [0.29, 0.717) is 16.7 Å². The largest absolute Gasteiger partial charge is 0.349 e. The van der Waals surface area contributed by atoms with Gasteiger partial charge in [0.15, 0.2) is 0 Å². The van der Waals surface area contributed by atoms with E-state index >= 15 is 0 Å². The van der Waals surface area contributed by atoms with E-state index in [4.69, 9.17) is 5.73 Å². The molecule has 1 aromatic carbocycles. The highest BCUT2D eigenvalue weighted by molar-refractivity contribution is 7.99. The Balaban J connectivity index is 1.47. The van der Waals surface area contributed by atoms with Gasteiger partial charge >= 0.3 is 0 Å². The first-order valence-electron chi connectivity index (χ1n) is 9.10. The van der Waals surface area contributed by atoms with Crippen LogP contribution in [0.25, 0.3) is 0 Å². The molecule has 0 spiro atoms. The van der Waals surface area contributed by atoms with Crippen LogP contribution in [0.1, 0.15) is 50.1 Å². The molecule has 5 heteroatoms. The average molecular weight is 348 g/mol. The molecule has 2 bridgehead atoms. The fourth-order valence-corrected chi connectivity index (χ4v) is 5.97. The van der Waals surface area contributed by atoms with Crippen LogP contribution in [-0.4, -0.2) is 17.7 Å². The summed E-state index contributed by atoms with van der Waals surface area (Å²) in [5, 5.41) is 3.22. The Morgan fingerprint density at radius 3 is 2.71 bits per heavy atom. The van der Waals surface area contributed by atoms with Crippen LogP contribution in [0, 0.1) is 23.6 Å². The van der Waals surface area contributed by atoms with E-state index in [1.54, 1.807) is 17.8 Å². The number of carbonyl (C=O) groups is 1. The number of hydrogen-bond donors (Lipinski definition) is 2. The zero-order chi connectivity index (χ0) is 16.7. The third kappa shape index (κ3) is 2.97. The lowest BCUT2D eigenvalue weighted by molar-refractivity contribution is -0.128. The number of fused-ring (bicyclic) bond motifs is 3. The molecule has 0 saturated heterocycles. The van der Waals surface area contributed by atoms with Gasteiger partial charge in [0.25, 0.3) is 0 Å². The van der Waals surface area contributed by atoms with Crippen LogP contribution in [-0.2, 0) is 4.79 Å². The summed E-state index contributed by atoms with van der Waals surface area (Å²) in [5.41, 5.74) is 7.27. The van der Waals surface area contributed by atoms with Crippen molar-refractivity contribution >= 4 is 17.7 Å². The lowest BCUT2D eigenvalue weighted by Gasteiger charge is -2.43. The molecule has 130 valence electrons. The van der Waals surface area contributed by atoms with Crippen LogP contribution in [0.3, 0.4) is 0 Å². The van der Waals surface area contributed by atoms with Gasteiger partial charge in [0.1, 0.15) is 5.82 Å². The SMILES string of the molecule is NC1C2CCCC1CC(C(=O)NC1CCSc3c(F)cccc31)C2. The lowest BCUT2D eigenvalue weighted by atomic mass is 9.65. The molecule has 2 aliphatic carbocycles. The summed E-state index contributed by atoms with van der Waals surface area (Å²) in [6.45, 7) is 0. The van der Waals surface area contributed by atoms with E-state index in [1.807, 2.05) is 6.07 Å². The highest BCUT2D eigenvalue weighted by Gasteiger charge is 2.41. The molecular weight excluding hydrogens is 323 g/mol. The summed E-state index contributed by atoms with van der Waals surface area (Å²) in [7, 11) is 0. The number of rotatable bonds is 2. The first kappa shape index (κ1) is 16.4. The summed E-state index contributed by atoms with van der Waals surface area (Å²) in [5.74, 6) is 1.90. The highest BCUT2D eigenvalue weighted by Crippen LogP contribution is 2.43. The van der Waals surface area contributed by atoms with Crippen molar-refractivity contribution < 1.29 is 9.18 Å². The van der Waals surface area contributed by atoms with Gasteiger partial charge in [-0.25, -0.2) is 4.39 Å². The van der Waals surface area contributed by atoms with E-state index in [1.165, 1.54) is 12.5 Å². The molecule has 24 heavy (non-hydrogen) atoms. The smallest absolute Gasteiger partial charge is 0.223 e. The molecule has 3 N–H and O–H groups in total. The van der Waals surface area contributed by atoms with Gasteiger partial charge in [-0.3, -0.25) is 4.79 Å². The van der Waals surface area contributed by atoms with Gasteiger partial charge in [-0.1, -0.05) is 18.6 Å². The fourth-order valence-electron chi connectivity index (χ4n) is 4.83. The Labute approximate surface area is 146 Å². The summed E-state index contributed by atoms with van der Waals surface area (Å²) < 4.78 is 14.0. The second-order valence-electron chi connectivity index (χ2n) is 7.55. The molecular formula is C19H25FN2OS. The van der Waals surface area contributed by atoms with Gasteiger partial charge in [0.2, 0.25) is 5.91 Å². The van der Waals surface area contributed by atoms with Crippen LogP contribution in [0.2, 0.25) is 0 Å². The van der Waals surface area contributed by atoms with Gasteiger partial charge in [-0.2, -0.15) is 0 Å². The number of benzene rings is 1. The number of carbonyl (C=O) groups excluding carboxylic acids is 1. The number of hydrogen-bond acceptors (Lipinski definition) is 3. The molecule has 2 saturated carbocycles. The molecule has 1 heterocycles. The van der Waals surface area contributed by atoms with Gasteiger partial charge in [0.05, 0.1) is 6.04 Å². The Morgan fingerprint density at radius 1 is 1.21 bits per heavy atom. The Bertz CT molecular complexity index is 624. The van der Waals surface area contributed by atoms with Crippen LogP contribution in [0.4, 0.5) is 4.39 Å². The van der Waals surface area contributed by atoms with Crippen molar-refractivity contribution in [2.24, 2.45) is 23.5 Å². The van der Waals surface area contributed by atoms with E-state index in [-0.39, 0.29) is 29.7 Å². The second kappa shape index (κ2) is 6.68. The summed E-state index contributed by atoms with van der Waals surface area (Å²) in [4.78, 5) is 13.6. The van der Waals surface area contributed by atoms with Crippen LogP contribution in [0.15, 0.2) is 23.1 Å². The van der Waals surface area contributed by atoms with Crippen molar-refractivity contribution in [3.8, 4) is 0 Å². The van der Waals surface area contributed by atoms with E-state index in [9.17, 15) is 9.18 Å². The first-order chi connectivity index (χ1) is 11.6. The molecule has 0 radical (unpaired) electrons. The molecule has 3 unspecified atom stereocenters. The number of thioether (sulfide) groups is 1. The Kier molecular flexibility index (Phi) is 4.56. The number of amides is 1. The zero-order valence-electron chi connectivity index (χ0n) is 13.8. The van der Waals surface area contributed by atoms with Crippen LogP contribution >= 0.6 is 11.8 Å². The molecule has 0 aromatic heterocycles. The topological polar surface area (TPSA) is 55.1 Å². The monoisotopic (exact) mass is 348 g/mol. The quantitative estimate of drug-likeness (QED) is 0.858. The van der Waals surface area contributed by atoms with Crippen molar-refractivity contribution in [3.05, 3.63) is 29.6 Å². The molecule has 1 amide bonds. The molecule has 1 aromatic rings. The van der Waals surface area contributed by atoms with Gasteiger partial charge in [-0.05, 0) is 55.6 Å². The zero-order valence-corrected chi connectivity index (χ0v) is 14.7. The maximum Gasteiger partial charge on any atom is 0.223 e. The van der Waals surface area contributed by atoms with E-state index in [2.05, 4.69) is 5.32 Å². The molecule has 4 rings (SSSR count). The van der Waals surface area contributed by atoms with Crippen molar-refractivity contribution in [2.45, 2.75) is 55.5 Å². The van der Waals surface area contributed by atoms with Crippen molar-refractivity contribution in [1.29, 1.82) is 0 Å². The Hall–Kier alpha value is -1.07. The third-order valence-electron chi connectivity index (χ3n) is 6.13. The van der Waals surface area contributed by atoms with Crippen LogP contribution in [0.5, 0.6) is 0 Å². The molecule has 3 atom stereocenters. The molecule has 1 aliphatic heterocycles. The average Bonchev–Trinajstić information content (AvgIpc) is 2.55. The predicted molar refractivity (Wildman–Crippen MR) is 94.2 cm³/mol. The second-order valence-corrected chi connectivity index (χ2v) is 8.66. The minimum atomic E-state index is -0.172. The minimum Gasteiger partial charge on any atom is -0.349 e. The van der Waals surface area contributed by atoms with Gasteiger partial charge in [0, 0.05) is 22.6 Å². The Morgan fingerprint density at radius 2 is 1.96 bits per heavy atom. The molecule has 2 fully saturated rings. The molecule has 3 aliphatic rings. The number of nitrogens with one attached hydrogen (secondary N) is 1. The standard InChI is InChI=1S/C19H25FN2OS/c20-15-6-2-5-14-16(7-8-24-18(14)15)22-19(23)13-9-11-3-1-4-12(10-13)17(11)21/h2,5-6,11-13,16-17H,1,3-4,7-10,21H2,(H,22,23). The number of nitrogens with two attached hydrogens (primary N) is 1. The fraction of sp³-hybridized carbons (Fsp3) is 0.632. The van der Waals surface area contributed by atoms with Crippen molar-refractivity contribution in [3.63, 3.8) is 0 Å². The highest BCUT2D eigenvalue weighted by atomic mass is 32.2. The lowest BCUT2D eigenvalue weighted by Crippen LogP contribution is -2.49. The van der Waals surface area contributed by atoms with Gasteiger partial charge in [-0.15, -0.1) is 11.8 Å². The van der Waals surface area contributed by atoms with Crippen molar-refractivity contribution in [1.82, 2.24) is 5.32 Å². The first-order valence-corrected chi connectivity index (χ1v) is 10.1. The van der Waals surface area contributed by atoms with E-state index in [0.717, 1.165) is 43.4 Å². The summed E-state index contributed by atoms with van der Waals surface area (Å²) >= 11 is 1.55. The summed E-state index contributed by atoms with van der Waals surface area (Å²) in [6.07, 6.45) is 6.28. The minimum absolute atomic E-state index is 0.0557. The third-order valence-corrected chi connectivity index (χ3v) is 7.29. The summed E-state index contributed by atoms with van der Waals surface area (Å²) in [6, 6.07) is 5.41. The van der Waals surface area contributed by atoms with Crippen LogP contribution < -0.4 is 11.1 Å². The molecule has 3 nitrogen and oxygen atoms in total.